The number of allylic oxidation sites excluding steroid dienone is 4. The summed E-state index contributed by atoms with van der Waals surface area (Å²) in [6.07, 6.45) is 5.21. The summed E-state index contributed by atoms with van der Waals surface area (Å²) in [5.41, 5.74) is 1.59. The van der Waals surface area contributed by atoms with Gasteiger partial charge in [-0.15, -0.1) is 0 Å². The van der Waals surface area contributed by atoms with Gasteiger partial charge in [-0.25, -0.2) is 0 Å². The fourth-order valence-electron chi connectivity index (χ4n) is 1.29. The van der Waals surface area contributed by atoms with Crippen LogP contribution in [0.4, 0.5) is 0 Å². The zero-order valence-electron chi connectivity index (χ0n) is 8.95. The summed E-state index contributed by atoms with van der Waals surface area (Å²) in [7, 11) is 0. The predicted molar refractivity (Wildman–Crippen MR) is 71.3 cm³/mol. The van der Waals surface area contributed by atoms with Crippen LogP contribution in [-0.4, -0.2) is 5.78 Å². The molecule has 0 atom stereocenters. The minimum absolute atomic E-state index is 0.0530. The maximum Gasteiger partial charge on any atom is 0.167 e. The Morgan fingerprint density at radius 3 is 2.38 bits per heavy atom. The van der Waals surface area contributed by atoms with E-state index in [1.54, 1.807) is 18.2 Å². The second kappa shape index (κ2) is 6.23. The molecule has 0 spiro atoms. The first kappa shape index (κ1) is 12.7. The van der Waals surface area contributed by atoms with Crippen molar-refractivity contribution in [2.45, 2.75) is 6.42 Å². The summed E-state index contributed by atoms with van der Waals surface area (Å²) in [5.74, 6) is 0.0530. The van der Waals surface area contributed by atoms with Crippen molar-refractivity contribution in [3.63, 3.8) is 0 Å². The lowest BCUT2D eigenvalue weighted by atomic mass is 10.0. The van der Waals surface area contributed by atoms with E-state index in [9.17, 15) is 4.79 Å². The first-order valence-electron chi connectivity index (χ1n) is 4.90. The van der Waals surface area contributed by atoms with Crippen LogP contribution in [0.1, 0.15) is 5.56 Å². The summed E-state index contributed by atoms with van der Waals surface area (Å²) >= 11 is 3.35. The molecule has 0 aliphatic rings. The second-order valence-electron chi connectivity index (χ2n) is 3.29. The molecule has 16 heavy (non-hydrogen) atoms. The molecule has 1 rings (SSSR count). The number of ketones is 1. The molecule has 0 aromatic heterocycles. The average molecular weight is 277 g/mol. The predicted octanol–water partition coefficient (Wildman–Crippen LogP) is 3.86. The van der Waals surface area contributed by atoms with Gasteiger partial charge >= 0.3 is 0 Å². The van der Waals surface area contributed by atoms with Crippen molar-refractivity contribution in [3.8, 4) is 0 Å². The molecule has 0 bridgehead atoms. The number of rotatable bonds is 5. The number of hydrogen-bond donors (Lipinski definition) is 0. The molecule has 0 radical (unpaired) electrons. The molecule has 0 fully saturated rings. The summed E-state index contributed by atoms with van der Waals surface area (Å²) in [6.45, 7) is 7.18. The summed E-state index contributed by atoms with van der Waals surface area (Å²) in [6, 6.07) is 7.70. The van der Waals surface area contributed by atoms with E-state index in [2.05, 4.69) is 29.1 Å². The molecule has 82 valence electrons. The highest BCUT2D eigenvalue weighted by Crippen LogP contribution is 2.12. The Balaban J connectivity index is 2.78. The van der Waals surface area contributed by atoms with Crippen LogP contribution in [0.3, 0.4) is 0 Å². The van der Waals surface area contributed by atoms with Gasteiger partial charge in [0.25, 0.3) is 0 Å². The monoisotopic (exact) mass is 276 g/mol. The highest BCUT2D eigenvalue weighted by atomic mass is 79.9. The third-order valence-electron chi connectivity index (χ3n) is 2.12. The Kier molecular flexibility index (Phi) is 4.93. The SMILES string of the molecule is C=C/C=C(\C=C)C(=O)Cc1ccc(Br)cc1. The van der Waals surface area contributed by atoms with Crippen LogP contribution in [0.2, 0.25) is 0 Å². The van der Waals surface area contributed by atoms with Crippen LogP contribution < -0.4 is 0 Å². The summed E-state index contributed by atoms with van der Waals surface area (Å²) < 4.78 is 1.01. The third-order valence-corrected chi connectivity index (χ3v) is 2.65. The third kappa shape index (κ3) is 3.63. The molecule has 0 aliphatic carbocycles. The highest BCUT2D eigenvalue weighted by Gasteiger charge is 2.06. The van der Waals surface area contributed by atoms with Crippen molar-refractivity contribution < 1.29 is 4.79 Å². The average Bonchev–Trinajstić information content (AvgIpc) is 2.29. The first-order chi connectivity index (χ1) is 7.67. The minimum atomic E-state index is 0.0530. The van der Waals surface area contributed by atoms with E-state index in [0.717, 1.165) is 10.0 Å². The minimum Gasteiger partial charge on any atom is -0.294 e. The quantitative estimate of drug-likeness (QED) is 0.590. The maximum atomic E-state index is 11.8. The number of hydrogen-bond acceptors (Lipinski definition) is 1. The van der Waals surface area contributed by atoms with E-state index < -0.39 is 0 Å². The van der Waals surface area contributed by atoms with Crippen molar-refractivity contribution in [3.05, 3.63) is 71.3 Å². The van der Waals surface area contributed by atoms with Crippen molar-refractivity contribution in [2.24, 2.45) is 0 Å². The number of benzene rings is 1. The number of carbonyl (C=O) groups excluding carboxylic acids is 1. The Hall–Kier alpha value is -1.41. The molecule has 0 amide bonds. The van der Waals surface area contributed by atoms with Gasteiger partial charge in [0.1, 0.15) is 0 Å². The topological polar surface area (TPSA) is 17.1 Å². The zero-order chi connectivity index (χ0) is 12.0. The van der Waals surface area contributed by atoms with Crippen molar-refractivity contribution >= 4 is 21.7 Å². The highest BCUT2D eigenvalue weighted by molar-refractivity contribution is 9.10. The lowest BCUT2D eigenvalue weighted by Gasteiger charge is -2.01. The molecule has 2 heteroatoms. The molecule has 0 saturated heterocycles. The van der Waals surface area contributed by atoms with Crippen LogP contribution in [0.25, 0.3) is 0 Å². The smallest absolute Gasteiger partial charge is 0.167 e. The van der Waals surface area contributed by atoms with Gasteiger partial charge in [0.05, 0.1) is 0 Å². The van der Waals surface area contributed by atoms with Crippen LogP contribution >= 0.6 is 15.9 Å². The molecule has 0 N–H and O–H groups in total. The summed E-state index contributed by atoms with van der Waals surface area (Å²) in [4.78, 5) is 11.8. The van der Waals surface area contributed by atoms with Gasteiger partial charge in [-0.05, 0) is 17.7 Å². The fraction of sp³-hybridized carbons (Fsp3) is 0.0714. The molecular weight excluding hydrogens is 264 g/mol. The molecule has 0 saturated carbocycles. The molecule has 1 nitrogen and oxygen atoms in total. The normalized spacial score (nSPS) is 10.9. The number of halogens is 1. The largest absolute Gasteiger partial charge is 0.294 e. The zero-order valence-corrected chi connectivity index (χ0v) is 10.5. The molecule has 1 aromatic rings. The Bertz CT molecular complexity index is 427. The van der Waals surface area contributed by atoms with Crippen molar-refractivity contribution in [2.75, 3.05) is 0 Å². The van der Waals surface area contributed by atoms with Crippen LogP contribution in [0.15, 0.2) is 65.7 Å². The van der Waals surface area contributed by atoms with E-state index in [4.69, 9.17) is 0 Å². The van der Waals surface area contributed by atoms with Gasteiger partial charge in [-0.3, -0.25) is 4.79 Å². The van der Waals surface area contributed by atoms with E-state index in [0.29, 0.717) is 12.0 Å². The molecule has 0 unspecified atom stereocenters. The Morgan fingerprint density at radius 2 is 1.88 bits per heavy atom. The lowest BCUT2D eigenvalue weighted by molar-refractivity contribution is -0.114. The fourth-order valence-corrected chi connectivity index (χ4v) is 1.56. The van der Waals surface area contributed by atoms with Crippen molar-refractivity contribution in [1.82, 2.24) is 0 Å². The Labute approximate surface area is 104 Å². The van der Waals surface area contributed by atoms with Crippen LogP contribution in [-0.2, 0) is 11.2 Å². The van der Waals surface area contributed by atoms with Gasteiger partial charge in [-0.2, -0.15) is 0 Å². The number of carbonyl (C=O) groups is 1. The molecule has 0 aliphatic heterocycles. The molecular formula is C14H13BrO. The summed E-state index contributed by atoms with van der Waals surface area (Å²) in [5, 5.41) is 0. The van der Waals surface area contributed by atoms with Crippen molar-refractivity contribution in [1.29, 1.82) is 0 Å². The van der Waals surface area contributed by atoms with E-state index in [1.165, 1.54) is 0 Å². The van der Waals surface area contributed by atoms with Gasteiger partial charge in [0.15, 0.2) is 5.78 Å². The lowest BCUT2D eigenvalue weighted by Crippen LogP contribution is -2.04. The second-order valence-corrected chi connectivity index (χ2v) is 4.20. The van der Waals surface area contributed by atoms with E-state index >= 15 is 0 Å². The van der Waals surface area contributed by atoms with Crippen LogP contribution in [0, 0.1) is 0 Å². The Morgan fingerprint density at radius 1 is 1.25 bits per heavy atom. The standard InChI is InChI=1S/C14H13BrO/c1-3-5-12(4-2)14(16)10-11-6-8-13(15)9-7-11/h3-9H,1-2,10H2/b12-5+. The van der Waals surface area contributed by atoms with Crippen LogP contribution in [0.5, 0.6) is 0 Å². The molecule has 0 heterocycles. The first-order valence-corrected chi connectivity index (χ1v) is 5.69. The van der Waals surface area contributed by atoms with Gasteiger partial charge in [0.2, 0.25) is 0 Å². The van der Waals surface area contributed by atoms with E-state index in [1.807, 2.05) is 24.3 Å². The van der Waals surface area contributed by atoms with Gasteiger partial charge in [0, 0.05) is 16.5 Å². The van der Waals surface area contributed by atoms with E-state index in [-0.39, 0.29) is 5.78 Å². The molecule has 1 aromatic carbocycles. The van der Waals surface area contributed by atoms with Gasteiger partial charge in [-0.1, -0.05) is 59.4 Å². The maximum absolute atomic E-state index is 11.8. The number of Topliss-reactive ketones (excluding diaryl/α,β-unsaturated/α-hetero) is 1. The van der Waals surface area contributed by atoms with Gasteiger partial charge < -0.3 is 0 Å².